The predicted molar refractivity (Wildman–Crippen MR) is 55.8 cm³/mol. The van der Waals surface area contributed by atoms with E-state index in [1.165, 1.54) is 6.08 Å². The summed E-state index contributed by atoms with van der Waals surface area (Å²) < 4.78 is 5.49. The van der Waals surface area contributed by atoms with E-state index in [0.29, 0.717) is 5.69 Å². The highest BCUT2D eigenvalue weighted by molar-refractivity contribution is 5.77. The van der Waals surface area contributed by atoms with Crippen LogP contribution in [0.4, 0.5) is 5.69 Å². The van der Waals surface area contributed by atoms with E-state index in [4.69, 9.17) is 4.42 Å². The van der Waals surface area contributed by atoms with Crippen molar-refractivity contribution in [1.82, 2.24) is 4.98 Å². The van der Waals surface area contributed by atoms with Gasteiger partial charge in [-0.15, -0.1) is 0 Å². The summed E-state index contributed by atoms with van der Waals surface area (Å²) in [6, 6.07) is 5.18. The van der Waals surface area contributed by atoms with Crippen LogP contribution in [0.2, 0.25) is 0 Å². The van der Waals surface area contributed by atoms with Gasteiger partial charge < -0.3 is 4.42 Å². The molecule has 1 heterocycles. The summed E-state index contributed by atoms with van der Waals surface area (Å²) in [6.07, 6.45) is 3.31. The molecule has 76 valence electrons. The fraction of sp³-hybridized carbons (Fsp3) is 0.273. The van der Waals surface area contributed by atoms with Gasteiger partial charge in [-0.1, -0.05) is 6.92 Å². The number of carbonyl (C=O) groups excluding carboxylic acids is 1. The largest absolute Gasteiger partial charge is 0.441 e. The number of aliphatic imine (C=N–C) groups is 1. The minimum Gasteiger partial charge on any atom is -0.441 e. The lowest BCUT2D eigenvalue weighted by atomic mass is 10.3. The minimum absolute atomic E-state index is 0.550. The Kier molecular flexibility index (Phi) is 2.61. The van der Waals surface area contributed by atoms with Crippen LogP contribution in [-0.2, 0) is 11.2 Å². The van der Waals surface area contributed by atoms with Crippen LogP contribution in [0.25, 0.3) is 11.1 Å². The van der Waals surface area contributed by atoms with Crippen molar-refractivity contribution < 1.29 is 9.21 Å². The van der Waals surface area contributed by atoms with Gasteiger partial charge in [0.05, 0.1) is 5.69 Å². The van der Waals surface area contributed by atoms with Crippen molar-refractivity contribution in [2.75, 3.05) is 0 Å². The summed E-state index contributed by atoms with van der Waals surface area (Å²) in [7, 11) is 0. The maximum atomic E-state index is 10.1. The summed E-state index contributed by atoms with van der Waals surface area (Å²) >= 11 is 0. The smallest absolute Gasteiger partial charge is 0.240 e. The molecule has 0 amide bonds. The summed E-state index contributed by atoms with van der Waals surface area (Å²) in [5.74, 6) is 0.722. The van der Waals surface area contributed by atoms with Gasteiger partial charge in [0.1, 0.15) is 5.52 Å². The molecular weight excluding hydrogens is 192 g/mol. The van der Waals surface area contributed by atoms with E-state index in [-0.39, 0.29) is 0 Å². The Labute approximate surface area is 86.6 Å². The Bertz CT molecular complexity index is 524. The van der Waals surface area contributed by atoms with E-state index in [2.05, 4.69) is 16.9 Å². The lowest BCUT2D eigenvalue weighted by molar-refractivity contribution is 0.525. The average Bonchev–Trinajstić information content (AvgIpc) is 2.60. The SMILES string of the molecule is CCCc1nc2cc(N=C=O)ccc2o1. The average molecular weight is 202 g/mol. The molecule has 4 heteroatoms. The second kappa shape index (κ2) is 4.07. The van der Waals surface area contributed by atoms with E-state index in [1.807, 2.05) is 0 Å². The molecule has 2 aromatic rings. The van der Waals surface area contributed by atoms with Gasteiger partial charge in [0.25, 0.3) is 0 Å². The molecule has 0 unspecified atom stereocenters. The van der Waals surface area contributed by atoms with Crippen molar-refractivity contribution >= 4 is 22.9 Å². The van der Waals surface area contributed by atoms with Crippen LogP contribution in [0.1, 0.15) is 19.2 Å². The first-order valence-corrected chi connectivity index (χ1v) is 4.81. The summed E-state index contributed by atoms with van der Waals surface area (Å²) in [6.45, 7) is 2.07. The number of fused-ring (bicyclic) bond motifs is 1. The van der Waals surface area contributed by atoms with Crippen molar-refractivity contribution in [1.29, 1.82) is 0 Å². The van der Waals surface area contributed by atoms with Gasteiger partial charge in [-0.05, 0) is 24.6 Å². The summed E-state index contributed by atoms with van der Waals surface area (Å²) in [5.41, 5.74) is 2.01. The maximum Gasteiger partial charge on any atom is 0.240 e. The van der Waals surface area contributed by atoms with E-state index < -0.39 is 0 Å². The molecule has 0 aliphatic heterocycles. The number of aryl methyl sites for hydroxylation is 1. The number of isocyanates is 1. The van der Waals surface area contributed by atoms with Gasteiger partial charge in [-0.3, -0.25) is 0 Å². The van der Waals surface area contributed by atoms with Crippen molar-refractivity contribution in [3.63, 3.8) is 0 Å². The zero-order chi connectivity index (χ0) is 10.7. The molecule has 4 nitrogen and oxygen atoms in total. The Morgan fingerprint density at radius 2 is 2.40 bits per heavy atom. The van der Waals surface area contributed by atoms with Crippen LogP contribution in [-0.4, -0.2) is 11.1 Å². The standard InChI is InChI=1S/C11H10N2O2/c1-2-3-11-13-9-6-8(12-7-14)4-5-10(9)15-11/h4-6H,2-3H2,1H3. The number of rotatable bonds is 3. The lowest BCUT2D eigenvalue weighted by Crippen LogP contribution is -1.79. The monoisotopic (exact) mass is 202 g/mol. The number of benzene rings is 1. The number of aromatic nitrogens is 1. The molecule has 1 aromatic carbocycles. The van der Waals surface area contributed by atoms with E-state index in [0.717, 1.165) is 29.8 Å². The fourth-order valence-electron chi connectivity index (χ4n) is 1.41. The Morgan fingerprint density at radius 3 is 3.13 bits per heavy atom. The van der Waals surface area contributed by atoms with E-state index in [1.54, 1.807) is 18.2 Å². The van der Waals surface area contributed by atoms with Gasteiger partial charge in [-0.25, -0.2) is 9.78 Å². The van der Waals surface area contributed by atoms with Gasteiger partial charge in [0, 0.05) is 6.42 Å². The number of hydrogen-bond acceptors (Lipinski definition) is 4. The molecule has 2 rings (SSSR count). The molecular formula is C11H10N2O2. The molecule has 0 atom stereocenters. The first kappa shape index (κ1) is 9.62. The van der Waals surface area contributed by atoms with E-state index >= 15 is 0 Å². The Morgan fingerprint density at radius 1 is 1.53 bits per heavy atom. The maximum absolute atomic E-state index is 10.1. The molecule has 0 fully saturated rings. The lowest BCUT2D eigenvalue weighted by Gasteiger charge is -1.87. The highest BCUT2D eigenvalue weighted by Crippen LogP contribution is 2.21. The molecule has 0 saturated heterocycles. The van der Waals surface area contributed by atoms with Gasteiger partial charge in [0.15, 0.2) is 11.5 Å². The van der Waals surface area contributed by atoms with Crippen LogP contribution in [0.3, 0.4) is 0 Å². The molecule has 0 aliphatic carbocycles. The van der Waals surface area contributed by atoms with Crippen LogP contribution < -0.4 is 0 Å². The van der Waals surface area contributed by atoms with E-state index in [9.17, 15) is 4.79 Å². The third kappa shape index (κ3) is 1.95. The minimum atomic E-state index is 0.550. The quantitative estimate of drug-likeness (QED) is 0.568. The third-order valence-corrected chi connectivity index (χ3v) is 2.05. The van der Waals surface area contributed by atoms with Gasteiger partial charge in [-0.2, -0.15) is 4.99 Å². The van der Waals surface area contributed by atoms with Crippen LogP contribution in [0.5, 0.6) is 0 Å². The van der Waals surface area contributed by atoms with Crippen LogP contribution in [0.15, 0.2) is 27.6 Å². The van der Waals surface area contributed by atoms with Crippen molar-refractivity contribution in [2.24, 2.45) is 4.99 Å². The topological polar surface area (TPSA) is 55.5 Å². The number of nitrogens with zero attached hydrogens (tertiary/aromatic N) is 2. The zero-order valence-corrected chi connectivity index (χ0v) is 8.36. The molecule has 0 aliphatic rings. The first-order chi connectivity index (χ1) is 7.33. The fourth-order valence-corrected chi connectivity index (χ4v) is 1.41. The number of oxazole rings is 1. The van der Waals surface area contributed by atoms with Gasteiger partial charge in [0.2, 0.25) is 6.08 Å². The van der Waals surface area contributed by atoms with Gasteiger partial charge >= 0.3 is 0 Å². The second-order valence-electron chi connectivity index (χ2n) is 3.21. The zero-order valence-electron chi connectivity index (χ0n) is 8.36. The highest BCUT2D eigenvalue weighted by Gasteiger charge is 2.04. The molecule has 0 spiro atoms. The molecule has 15 heavy (non-hydrogen) atoms. The first-order valence-electron chi connectivity index (χ1n) is 4.81. The highest BCUT2D eigenvalue weighted by atomic mass is 16.3. The molecule has 0 radical (unpaired) electrons. The Hall–Kier alpha value is -1.93. The summed E-state index contributed by atoms with van der Waals surface area (Å²) in [5, 5.41) is 0. The van der Waals surface area contributed by atoms with Crippen molar-refractivity contribution in [3.05, 3.63) is 24.1 Å². The normalized spacial score (nSPS) is 10.2. The van der Waals surface area contributed by atoms with Crippen LogP contribution in [0, 0.1) is 0 Å². The third-order valence-electron chi connectivity index (χ3n) is 2.05. The predicted octanol–water partition coefficient (Wildman–Crippen LogP) is 2.75. The second-order valence-corrected chi connectivity index (χ2v) is 3.21. The molecule has 0 N–H and O–H groups in total. The van der Waals surface area contributed by atoms with Crippen molar-refractivity contribution in [3.8, 4) is 0 Å². The molecule has 0 saturated carbocycles. The van der Waals surface area contributed by atoms with Crippen LogP contribution >= 0.6 is 0 Å². The number of hydrogen-bond donors (Lipinski definition) is 0. The molecule has 1 aromatic heterocycles. The summed E-state index contributed by atoms with van der Waals surface area (Å²) in [4.78, 5) is 17.9. The molecule has 0 bridgehead atoms. The van der Waals surface area contributed by atoms with Crippen molar-refractivity contribution in [2.45, 2.75) is 19.8 Å². The Balaban J connectivity index is 2.47.